The van der Waals surface area contributed by atoms with E-state index in [0.717, 1.165) is 5.39 Å². The Morgan fingerprint density at radius 3 is 2.29 bits per heavy atom. The molecule has 2 unspecified atom stereocenters. The molecule has 0 aliphatic carbocycles. The van der Waals surface area contributed by atoms with Gasteiger partial charge in [-0.15, -0.1) is 12.4 Å². The van der Waals surface area contributed by atoms with E-state index in [4.69, 9.17) is 4.52 Å². The predicted molar refractivity (Wildman–Crippen MR) is 157 cm³/mol. The molecule has 4 aromatic rings. The number of nitrogens with one attached hydrogen (secondary N) is 2. The average Bonchev–Trinajstić information content (AvgIpc) is 3.35. The molecular weight excluding hydrogens is 546 g/mol. The monoisotopic (exact) mass is 575 g/mol. The van der Waals surface area contributed by atoms with Gasteiger partial charge in [-0.1, -0.05) is 41.6 Å². The van der Waals surface area contributed by atoms with Gasteiger partial charge in [0, 0.05) is 16.5 Å². The Balaban J connectivity index is 0.00000387. The fourth-order valence-electron chi connectivity index (χ4n) is 4.68. The first kappa shape index (κ1) is 29.4. The van der Waals surface area contributed by atoms with E-state index in [0.29, 0.717) is 33.8 Å². The van der Waals surface area contributed by atoms with Gasteiger partial charge < -0.3 is 25.0 Å². The third kappa shape index (κ3) is 5.84. The summed E-state index contributed by atoms with van der Waals surface area (Å²) in [6.45, 7) is 3.11. The highest BCUT2D eigenvalue weighted by atomic mass is 35.5. The standard InChI is InChI=1S/C30H29N5O5.ClH/c1-18(31-3)28(37)32-24-17-34(29(38)21-14-12-20(13-15-21)19(2)36)25-9-5-6-10-26(25)35(30(24)39)16-23-22-8-4-7-11-27(22)40-33-23;/h4-15,18,24,31H,16-17H2,1-3H3,(H,32,37);1H. The Hall–Kier alpha value is -4.54. The molecule has 5 rings (SSSR count). The number of carbonyl (C=O) groups is 4. The molecule has 1 aliphatic rings. The zero-order valence-electron chi connectivity index (χ0n) is 22.8. The molecule has 0 spiro atoms. The van der Waals surface area contributed by atoms with Crippen LogP contribution in [0, 0.1) is 0 Å². The van der Waals surface area contributed by atoms with Gasteiger partial charge in [0.15, 0.2) is 11.4 Å². The van der Waals surface area contributed by atoms with Crippen LogP contribution in [0.2, 0.25) is 0 Å². The van der Waals surface area contributed by atoms with E-state index in [-0.39, 0.29) is 43.1 Å². The summed E-state index contributed by atoms with van der Waals surface area (Å²) in [7, 11) is 1.65. The molecule has 10 nitrogen and oxygen atoms in total. The van der Waals surface area contributed by atoms with E-state index in [1.54, 1.807) is 68.6 Å². The van der Waals surface area contributed by atoms with Crippen LogP contribution in [0.1, 0.15) is 40.3 Å². The van der Waals surface area contributed by atoms with E-state index in [2.05, 4.69) is 15.8 Å². The Bertz CT molecular complexity index is 1600. The van der Waals surface area contributed by atoms with Crippen molar-refractivity contribution in [3.63, 3.8) is 0 Å². The fraction of sp³-hybridized carbons (Fsp3) is 0.233. The molecule has 1 aromatic heterocycles. The van der Waals surface area contributed by atoms with Gasteiger partial charge in [0.2, 0.25) is 5.91 Å². The molecule has 0 saturated heterocycles. The SMILES string of the molecule is CNC(C)C(=O)NC1CN(C(=O)c2ccc(C(C)=O)cc2)c2ccccc2N(Cc2noc3ccccc23)C1=O.Cl. The number of rotatable bonds is 7. The van der Waals surface area contributed by atoms with Crippen molar-refractivity contribution in [3.05, 3.63) is 89.6 Å². The first-order valence-electron chi connectivity index (χ1n) is 12.9. The fourth-order valence-corrected chi connectivity index (χ4v) is 4.68. The number of amides is 3. The summed E-state index contributed by atoms with van der Waals surface area (Å²) in [6.07, 6.45) is 0. The highest BCUT2D eigenvalue weighted by molar-refractivity contribution is 6.13. The molecule has 2 heterocycles. The van der Waals surface area contributed by atoms with Gasteiger partial charge in [0.05, 0.1) is 30.5 Å². The summed E-state index contributed by atoms with van der Waals surface area (Å²) in [5.74, 6) is -1.25. The Kier molecular flexibility index (Phi) is 8.85. The number of carbonyl (C=O) groups excluding carboxylic acids is 4. The molecule has 212 valence electrons. The maximum Gasteiger partial charge on any atom is 0.258 e. The lowest BCUT2D eigenvalue weighted by Gasteiger charge is -2.26. The predicted octanol–water partition coefficient (Wildman–Crippen LogP) is 3.74. The smallest absolute Gasteiger partial charge is 0.258 e. The number of likely N-dealkylation sites (N-methyl/N-ethyl adjacent to an activating group) is 1. The van der Waals surface area contributed by atoms with Crippen LogP contribution in [0.15, 0.2) is 77.3 Å². The van der Waals surface area contributed by atoms with Crippen molar-refractivity contribution in [3.8, 4) is 0 Å². The maximum atomic E-state index is 14.1. The molecule has 0 saturated carbocycles. The summed E-state index contributed by atoms with van der Waals surface area (Å²) in [5.41, 5.74) is 2.96. The quantitative estimate of drug-likeness (QED) is 0.322. The van der Waals surface area contributed by atoms with Crippen molar-refractivity contribution < 1.29 is 23.7 Å². The number of para-hydroxylation sites is 3. The number of nitrogens with zero attached hydrogens (tertiary/aromatic N) is 3. The number of anilines is 2. The van der Waals surface area contributed by atoms with Crippen molar-refractivity contribution in [2.75, 3.05) is 23.4 Å². The molecular formula is C30H30ClN5O5. The van der Waals surface area contributed by atoms with Gasteiger partial charge in [-0.25, -0.2) is 0 Å². The van der Waals surface area contributed by atoms with E-state index in [1.807, 2.05) is 18.2 Å². The van der Waals surface area contributed by atoms with Crippen LogP contribution < -0.4 is 20.4 Å². The summed E-state index contributed by atoms with van der Waals surface area (Å²) >= 11 is 0. The van der Waals surface area contributed by atoms with Crippen LogP contribution in [0.3, 0.4) is 0 Å². The first-order valence-corrected chi connectivity index (χ1v) is 12.9. The zero-order chi connectivity index (χ0) is 28.4. The molecule has 1 aliphatic heterocycles. The van der Waals surface area contributed by atoms with E-state index >= 15 is 0 Å². The third-order valence-electron chi connectivity index (χ3n) is 7.08. The number of ketones is 1. The Labute approximate surface area is 243 Å². The van der Waals surface area contributed by atoms with Gasteiger partial charge in [0.1, 0.15) is 11.7 Å². The van der Waals surface area contributed by atoms with Crippen molar-refractivity contribution >= 4 is 58.3 Å². The second-order valence-corrected chi connectivity index (χ2v) is 9.66. The molecule has 0 bridgehead atoms. The lowest BCUT2D eigenvalue weighted by atomic mass is 10.1. The number of benzene rings is 3. The van der Waals surface area contributed by atoms with Gasteiger partial charge in [-0.05, 0) is 57.3 Å². The summed E-state index contributed by atoms with van der Waals surface area (Å²) in [6, 6.07) is 19.2. The lowest BCUT2D eigenvalue weighted by Crippen LogP contribution is -2.55. The molecule has 2 N–H and O–H groups in total. The van der Waals surface area contributed by atoms with Crippen LogP contribution in [-0.2, 0) is 16.1 Å². The number of halogens is 1. The van der Waals surface area contributed by atoms with Crippen LogP contribution in [0.5, 0.6) is 0 Å². The van der Waals surface area contributed by atoms with Crippen molar-refractivity contribution in [2.24, 2.45) is 0 Å². The minimum absolute atomic E-state index is 0. The minimum Gasteiger partial charge on any atom is -0.356 e. The third-order valence-corrected chi connectivity index (χ3v) is 7.08. The number of aromatic nitrogens is 1. The molecule has 0 fully saturated rings. The van der Waals surface area contributed by atoms with E-state index < -0.39 is 18.0 Å². The van der Waals surface area contributed by atoms with Crippen LogP contribution >= 0.6 is 12.4 Å². The molecule has 11 heteroatoms. The summed E-state index contributed by atoms with van der Waals surface area (Å²) in [4.78, 5) is 55.7. The normalized spacial score (nSPS) is 15.5. The number of Topliss-reactive ketones (excluding diaryl/α,β-unsaturated/α-hetero) is 1. The van der Waals surface area contributed by atoms with Gasteiger partial charge in [-0.3, -0.25) is 19.2 Å². The zero-order valence-corrected chi connectivity index (χ0v) is 23.6. The molecule has 3 amide bonds. The molecule has 2 atom stereocenters. The number of hydrogen-bond donors (Lipinski definition) is 2. The molecule has 0 radical (unpaired) electrons. The number of hydrogen-bond acceptors (Lipinski definition) is 7. The first-order chi connectivity index (χ1) is 19.3. The topological polar surface area (TPSA) is 125 Å². The molecule has 3 aromatic carbocycles. The summed E-state index contributed by atoms with van der Waals surface area (Å²) < 4.78 is 5.47. The van der Waals surface area contributed by atoms with Gasteiger partial charge in [0.25, 0.3) is 11.8 Å². The van der Waals surface area contributed by atoms with E-state index in [1.165, 1.54) is 16.7 Å². The summed E-state index contributed by atoms with van der Waals surface area (Å²) in [5, 5.41) is 10.7. The largest absolute Gasteiger partial charge is 0.356 e. The molecule has 41 heavy (non-hydrogen) atoms. The highest BCUT2D eigenvalue weighted by Gasteiger charge is 2.38. The van der Waals surface area contributed by atoms with Crippen molar-refractivity contribution in [1.82, 2.24) is 15.8 Å². The van der Waals surface area contributed by atoms with Gasteiger partial charge in [-0.2, -0.15) is 0 Å². The Morgan fingerprint density at radius 2 is 1.61 bits per heavy atom. The lowest BCUT2D eigenvalue weighted by molar-refractivity contribution is -0.128. The average molecular weight is 576 g/mol. The second-order valence-electron chi connectivity index (χ2n) is 9.66. The van der Waals surface area contributed by atoms with Crippen LogP contribution in [0.4, 0.5) is 11.4 Å². The maximum absolute atomic E-state index is 14.1. The van der Waals surface area contributed by atoms with Gasteiger partial charge >= 0.3 is 0 Å². The van der Waals surface area contributed by atoms with Crippen LogP contribution in [-0.4, -0.2) is 54.3 Å². The number of fused-ring (bicyclic) bond motifs is 2. The Morgan fingerprint density at radius 1 is 0.976 bits per heavy atom. The highest BCUT2D eigenvalue weighted by Crippen LogP contribution is 2.35. The van der Waals surface area contributed by atoms with E-state index in [9.17, 15) is 19.2 Å². The second kappa shape index (κ2) is 12.3. The van der Waals surface area contributed by atoms with Crippen molar-refractivity contribution in [2.45, 2.75) is 32.5 Å². The van der Waals surface area contributed by atoms with Crippen molar-refractivity contribution in [1.29, 1.82) is 0 Å². The van der Waals surface area contributed by atoms with Crippen LogP contribution in [0.25, 0.3) is 11.0 Å². The minimum atomic E-state index is -1.05.